The fourth-order valence-electron chi connectivity index (χ4n) is 3.44. The van der Waals surface area contributed by atoms with Crippen LogP contribution in [-0.4, -0.2) is 32.7 Å². The number of ether oxygens (including phenoxy) is 2. The maximum atomic E-state index is 12.5. The number of methoxy groups -OCH3 is 2. The summed E-state index contributed by atoms with van der Waals surface area (Å²) in [5.41, 5.74) is 3.25. The molecule has 7 heteroatoms. The van der Waals surface area contributed by atoms with Crippen LogP contribution in [0.4, 0.5) is 21.9 Å². The molecule has 3 amide bonds. The van der Waals surface area contributed by atoms with Crippen LogP contribution < -0.4 is 25.0 Å². The van der Waals surface area contributed by atoms with Gasteiger partial charge in [0.25, 0.3) is 0 Å². The molecule has 1 heterocycles. The van der Waals surface area contributed by atoms with Gasteiger partial charge in [-0.2, -0.15) is 0 Å². The number of carbonyl (C=O) groups is 2. The van der Waals surface area contributed by atoms with Crippen molar-refractivity contribution < 1.29 is 19.1 Å². The van der Waals surface area contributed by atoms with Crippen LogP contribution in [0.2, 0.25) is 0 Å². The van der Waals surface area contributed by atoms with Crippen molar-refractivity contribution in [1.82, 2.24) is 0 Å². The van der Waals surface area contributed by atoms with Crippen molar-refractivity contribution in [1.29, 1.82) is 0 Å². The van der Waals surface area contributed by atoms with Crippen molar-refractivity contribution >= 4 is 29.0 Å². The SMILES string of the molecule is COc1cc(NC(=O)Nc2ccc3c(c2)CCC(=O)N3CCC(C)C)cc(OC)c1. The van der Waals surface area contributed by atoms with E-state index in [0.717, 1.165) is 17.7 Å². The Morgan fingerprint density at radius 2 is 1.67 bits per heavy atom. The minimum atomic E-state index is -0.367. The summed E-state index contributed by atoms with van der Waals surface area (Å²) in [5, 5.41) is 5.65. The summed E-state index contributed by atoms with van der Waals surface area (Å²) >= 11 is 0. The minimum Gasteiger partial charge on any atom is -0.497 e. The zero-order valence-electron chi connectivity index (χ0n) is 18.0. The van der Waals surface area contributed by atoms with E-state index >= 15 is 0 Å². The number of urea groups is 1. The predicted octanol–water partition coefficient (Wildman–Crippen LogP) is 4.67. The van der Waals surface area contributed by atoms with Crippen LogP contribution in [0.25, 0.3) is 0 Å². The van der Waals surface area contributed by atoms with Gasteiger partial charge < -0.3 is 25.0 Å². The maximum Gasteiger partial charge on any atom is 0.323 e. The number of fused-ring (bicyclic) bond motifs is 1. The molecule has 30 heavy (non-hydrogen) atoms. The Kier molecular flexibility index (Phi) is 6.82. The standard InChI is InChI=1S/C23H29N3O4/c1-15(2)9-10-26-21-7-6-17(11-16(21)5-8-22(26)27)24-23(28)25-18-12-19(29-3)14-20(13-18)30-4/h6-7,11-15H,5,8-10H2,1-4H3,(H2,24,25,28). The van der Waals surface area contributed by atoms with Gasteiger partial charge in [0.05, 0.1) is 14.2 Å². The first-order valence-electron chi connectivity index (χ1n) is 10.1. The lowest BCUT2D eigenvalue weighted by Crippen LogP contribution is -2.36. The number of nitrogens with zero attached hydrogens (tertiary/aromatic N) is 1. The van der Waals surface area contributed by atoms with Gasteiger partial charge >= 0.3 is 6.03 Å². The van der Waals surface area contributed by atoms with E-state index in [0.29, 0.717) is 48.2 Å². The van der Waals surface area contributed by atoms with E-state index in [1.165, 1.54) is 0 Å². The summed E-state index contributed by atoms with van der Waals surface area (Å²) in [6, 6.07) is 10.5. The molecule has 0 bridgehead atoms. The van der Waals surface area contributed by atoms with Crippen molar-refractivity contribution in [3.63, 3.8) is 0 Å². The normalized spacial score (nSPS) is 13.1. The molecule has 0 aromatic heterocycles. The van der Waals surface area contributed by atoms with Crippen LogP contribution in [0.3, 0.4) is 0 Å². The van der Waals surface area contributed by atoms with Crippen LogP contribution in [0.15, 0.2) is 36.4 Å². The van der Waals surface area contributed by atoms with Crippen LogP contribution in [-0.2, 0) is 11.2 Å². The molecule has 0 saturated heterocycles. The number of carbonyl (C=O) groups excluding carboxylic acids is 2. The van der Waals surface area contributed by atoms with Crippen LogP contribution >= 0.6 is 0 Å². The molecule has 160 valence electrons. The molecule has 0 aliphatic carbocycles. The molecule has 2 aromatic carbocycles. The smallest absolute Gasteiger partial charge is 0.323 e. The summed E-state index contributed by atoms with van der Waals surface area (Å²) in [6.45, 7) is 5.02. The van der Waals surface area contributed by atoms with E-state index < -0.39 is 0 Å². The van der Waals surface area contributed by atoms with Crippen molar-refractivity contribution in [2.45, 2.75) is 33.1 Å². The Labute approximate surface area is 177 Å². The fourth-order valence-corrected chi connectivity index (χ4v) is 3.44. The van der Waals surface area contributed by atoms with Crippen LogP contribution in [0, 0.1) is 5.92 Å². The number of benzene rings is 2. The highest BCUT2D eigenvalue weighted by atomic mass is 16.5. The van der Waals surface area contributed by atoms with E-state index in [9.17, 15) is 9.59 Å². The lowest BCUT2D eigenvalue weighted by atomic mass is 9.99. The Hall–Kier alpha value is -3.22. The molecule has 0 saturated carbocycles. The van der Waals surface area contributed by atoms with Gasteiger partial charge in [0.2, 0.25) is 5.91 Å². The molecule has 0 fully saturated rings. The third kappa shape index (κ3) is 5.23. The maximum absolute atomic E-state index is 12.5. The first kappa shape index (κ1) is 21.5. The summed E-state index contributed by atoms with van der Waals surface area (Å²) < 4.78 is 10.5. The summed E-state index contributed by atoms with van der Waals surface area (Å²) in [5.74, 6) is 1.87. The lowest BCUT2D eigenvalue weighted by molar-refractivity contribution is -0.118. The van der Waals surface area contributed by atoms with Gasteiger partial charge in [-0.15, -0.1) is 0 Å². The van der Waals surface area contributed by atoms with Gasteiger partial charge in [-0.1, -0.05) is 13.8 Å². The Morgan fingerprint density at radius 3 is 2.30 bits per heavy atom. The zero-order valence-corrected chi connectivity index (χ0v) is 18.0. The van der Waals surface area contributed by atoms with E-state index in [2.05, 4.69) is 24.5 Å². The molecule has 2 N–H and O–H groups in total. The number of amides is 3. The molecule has 3 rings (SSSR count). The minimum absolute atomic E-state index is 0.161. The van der Waals surface area contributed by atoms with Crippen molar-refractivity contribution in [3.8, 4) is 11.5 Å². The average molecular weight is 412 g/mol. The summed E-state index contributed by atoms with van der Waals surface area (Å²) in [6.07, 6.45) is 2.12. The molecule has 0 spiro atoms. The monoisotopic (exact) mass is 411 g/mol. The van der Waals surface area contributed by atoms with E-state index in [1.54, 1.807) is 32.4 Å². The predicted molar refractivity (Wildman–Crippen MR) is 119 cm³/mol. The molecule has 1 aliphatic heterocycles. The fraction of sp³-hybridized carbons (Fsp3) is 0.391. The Morgan fingerprint density at radius 1 is 1.00 bits per heavy atom. The van der Waals surface area contributed by atoms with Gasteiger partial charge in [-0.3, -0.25) is 4.79 Å². The van der Waals surface area contributed by atoms with Crippen molar-refractivity contribution in [3.05, 3.63) is 42.0 Å². The number of hydrogen-bond donors (Lipinski definition) is 2. The molecular weight excluding hydrogens is 382 g/mol. The average Bonchev–Trinajstić information content (AvgIpc) is 2.72. The summed E-state index contributed by atoms with van der Waals surface area (Å²) in [7, 11) is 3.11. The molecule has 1 aliphatic rings. The molecule has 0 radical (unpaired) electrons. The highest BCUT2D eigenvalue weighted by Gasteiger charge is 2.24. The number of hydrogen-bond acceptors (Lipinski definition) is 4. The third-order valence-electron chi connectivity index (χ3n) is 5.08. The topological polar surface area (TPSA) is 79.9 Å². The Bertz CT molecular complexity index is 904. The number of nitrogens with one attached hydrogen (secondary N) is 2. The molecular formula is C23H29N3O4. The van der Waals surface area contributed by atoms with E-state index in [4.69, 9.17) is 9.47 Å². The second kappa shape index (κ2) is 9.52. The van der Waals surface area contributed by atoms with Crippen LogP contribution in [0.5, 0.6) is 11.5 Å². The van der Waals surface area contributed by atoms with Crippen LogP contribution in [0.1, 0.15) is 32.3 Å². The molecule has 2 aromatic rings. The summed E-state index contributed by atoms with van der Waals surface area (Å²) in [4.78, 5) is 26.7. The zero-order chi connectivity index (χ0) is 21.7. The first-order valence-corrected chi connectivity index (χ1v) is 10.1. The van der Waals surface area contributed by atoms with Gasteiger partial charge in [0.1, 0.15) is 11.5 Å². The highest BCUT2D eigenvalue weighted by molar-refractivity contribution is 6.01. The highest BCUT2D eigenvalue weighted by Crippen LogP contribution is 2.31. The van der Waals surface area contributed by atoms with Gasteiger partial charge in [0.15, 0.2) is 0 Å². The Balaban J connectivity index is 1.71. The largest absolute Gasteiger partial charge is 0.497 e. The third-order valence-corrected chi connectivity index (χ3v) is 5.08. The number of anilines is 3. The van der Waals surface area contributed by atoms with E-state index in [1.807, 2.05) is 23.1 Å². The van der Waals surface area contributed by atoms with E-state index in [-0.39, 0.29) is 11.9 Å². The van der Waals surface area contributed by atoms with Gasteiger partial charge in [-0.25, -0.2) is 4.79 Å². The second-order valence-electron chi connectivity index (χ2n) is 7.75. The molecule has 7 nitrogen and oxygen atoms in total. The first-order chi connectivity index (χ1) is 14.4. The number of rotatable bonds is 7. The van der Waals surface area contributed by atoms with Crippen molar-refractivity contribution in [2.75, 3.05) is 36.3 Å². The van der Waals surface area contributed by atoms with Crippen molar-refractivity contribution in [2.24, 2.45) is 5.92 Å². The molecule has 0 unspecified atom stereocenters. The lowest BCUT2D eigenvalue weighted by Gasteiger charge is -2.30. The quantitative estimate of drug-likeness (QED) is 0.694. The molecule has 0 atom stereocenters. The van der Waals surface area contributed by atoms with Gasteiger partial charge in [-0.05, 0) is 42.5 Å². The van der Waals surface area contributed by atoms with Gasteiger partial charge in [0, 0.05) is 48.2 Å². The number of aryl methyl sites for hydroxylation is 1. The second-order valence-corrected chi connectivity index (χ2v) is 7.75.